The van der Waals surface area contributed by atoms with Gasteiger partial charge in [-0.3, -0.25) is 9.78 Å². The van der Waals surface area contributed by atoms with E-state index in [1.807, 2.05) is 24.3 Å². The van der Waals surface area contributed by atoms with Crippen LogP contribution in [0.5, 0.6) is 0 Å². The third-order valence-electron chi connectivity index (χ3n) is 3.12. The highest BCUT2D eigenvalue weighted by molar-refractivity contribution is 14.1. The molecular formula is C16H13IN4O2. The molecule has 0 fully saturated rings. The second-order valence-electron chi connectivity index (χ2n) is 4.78. The van der Waals surface area contributed by atoms with Crippen LogP contribution < -0.4 is 5.32 Å². The summed E-state index contributed by atoms with van der Waals surface area (Å²) in [4.78, 5) is 20.2. The summed E-state index contributed by atoms with van der Waals surface area (Å²) < 4.78 is 6.18. The molecule has 2 aromatic heterocycles. The zero-order valence-electron chi connectivity index (χ0n) is 12.1. The first-order chi connectivity index (χ1) is 11.2. The molecule has 3 aromatic rings. The number of hydrogen-bond donors (Lipinski definition) is 1. The summed E-state index contributed by atoms with van der Waals surface area (Å²) in [5.41, 5.74) is 1.64. The Balaban J connectivity index is 1.58. The van der Waals surface area contributed by atoms with Crippen molar-refractivity contribution in [3.8, 4) is 11.4 Å². The van der Waals surface area contributed by atoms with Gasteiger partial charge in [-0.05, 0) is 46.9 Å². The number of nitrogens with zero attached hydrogens (tertiary/aromatic N) is 3. The van der Waals surface area contributed by atoms with E-state index in [1.54, 1.807) is 24.5 Å². The van der Waals surface area contributed by atoms with E-state index in [4.69, 9.17) is 4.52 Å². The Morgan fingerprint density at radius 1 is 1.17 bits per heavy atom. The van der Waals surface area contributed by atoms with Gasteiger partial charge in [-0.2, -0.15) is 4.98 Å². The maximum Gasteiger partial charge on any atom is 0.227 e. The van der Waals surface area contributed by atoms with Crippen LogP contribution in [-0.4, -0.2) is 21.0 Å². The molecule has 0 atom stereocenters. The molecule has 0 bridgehead atoms. The molecular weight excluding hydrogens is 407 g/mol. The van der Waals surface area contributed by atoms with Gasteiger partial charge in [-0.15, -0.1) is 0 Å². The van der Waals surface area contributed by atoms with Gasteiger partial charge in [-0.25, -0.2) is 0 Å². The maximum atomic E-state index is 12.0. The predicted octanol–water partition coefficient (Wildman–Crippen LogP) is 3.31. The molecule has 0 radical (unpaired) electrons. The smallest absolute Gasteiger partial charge is 0.227 e. The van der Waals surface area contributed by atoms with Crippen molar-refractivity contribution in [3.05, 3.63) is 58.3 Å². The number of carbonyl (C=O) groups excluding carboxylic acids is 1. The molecule has 0 saturated carbocycles. The van der Waals surface area contributed by atoms with E-state index < -0.39 is 0 Å². The zero-order valence-corrected chi connectivity index (χ0v) is 14.2. The van der Waals surface area contributed by atoms with E-state index in [9.17, 15) is 4.79 Å². The van der Waals surface area contributed by atoms with E-state index in [-0.39, 0.29) is 12.3 Å². The highest BCUT2D eigenvalue weighted by Crippen LogP contribution is 2.18. The van der Waals surface area contributed by atoms with Crippen LogP contribution in [0.3, 0.4) is 0 Å². The number of rotatable bonds is 5. The van der Waals surface area contributed by atoms with E-state index in [0.29, 0.717) is 18.1 Å². The van der Waals surface area contributed by atoms with Gasteiger partial charge in [0, 0.05) is 34.4 Å². The quantitative estimate of drug-likeness (QED) is 0.641. The minimum Gasteiger partial charge on any atom is -0.339 e. The highest BCUT2D eigenvalue weighted by Gasteiger charge is 2.11. The second-order valence-corrected chi connectivity index (χ2v) is 5.94. The van der Waals surface area contributed by atoms with Gasteiger partial charge in [0.05, 0.1) is 5.69 Å². The summed E-state index contributed by atoms with van der Waals surface area (Å²) >= 11 is 2.18. The lowest BCUT2D eigenvalue weighted by atomic mass is 10.2. The minimum absolute atomic E-state index is 0.0854. The molecule has 1 aromatic carbocycles. The Hall–Kier alpha value is -2.29. The summed E-state index contributed by atoms with van der Waals surface area (Å²) in [6.45, 7) is 0. The van der Waals surface area contributed by atoms with E-state index in [2.05, 4.69) is 43.0 Å². The fourth-order valence-corrected chi connectivity index (χ4v) is 2.49. The van der Waals surface area contributed by atoms with E-state index in [0.717, 1.165) is 14.8 Å². The summed E-state index contributed by atoms with van der Waals surface area (Å²) in [7, 11) is 0. The number of para-hydroxylation sites is 1. The van der Waals surface area contributed by atoms with Crippen molar-refractivity contribution >= 4 is 34.2 Å². The topological polar surface area (TPSA) is 80.9 Å². The first-order valence-corrected chi connectivity index (χ1v) is 8.07. The molecule has 0 aliphatic carbocycles. The Kier molecular flexibility index (Phi) is 4.96. The Morgan fingerprint density at radius 3 is 2.74 bits per heavy atom. The maximum absolute atomic E-state index is 12.0. The van der Waals surface area contributed by atoms with Crippen LogP contribution in [0.25, 0.3) is 11.4 Å². The first-order valence-electron chi connectivity index (χ1n) is 7.00. The minimum atomic E-state index is -0.0854. The highest BCUT2D eigenvalue weighted by atomic mass is 127. The monoisotopic (exact) mass is 420 g/mol. The van der Waals surface area contributed by atoms with Crippen molar-refractivity contribution in [3.63, 3.8) is 0 Å². The summed E-state index contributed by atoms with van der Waals surface area (Å²) in [6, 6.07) is 11.2. The molecule has 0 aliphatic heterocycles. The number of benzene rings is 1. The average molecular weight is 420 g/mol. The van der Waals surface area contributed by atoms with Gasteiger partial charge in [0.25, 0.3) is 0 Å². The van der Waals surface area contributed by atoms with Crippen molar-refractivity contribution in [2.45, 2.75) is 12.8 Å². The summed E-state index contributed by atoms with van der Waals surface area (Å²) in [6.07, 6.45) is 4.01. The molecule has 7 heteroatoms. The number of carbonyl (C=O) groups is 1. The number of hydrogen-bond acceptors (Lipinski definition) is 5. The van der Waals surface area contributed by atoms with Gasteiger partial charge in [0.15, 0.2) is 0 Å². The molecule has 0 unspecified atom stereocenters. The number of pyridine rings is 1. The fourth-order valence-electron chi connectivity index (χ4n) is 1.97. The van der Waals surface area contributed by atoms with E-state index >= 15 is 0 Å². The van der Waals surface area contributed by atoms with Crippen molar-refractivity contribution < 1.29 is 9.32 Å². The standard InChI is InChI=1S/C16H13IN4O2/c17-12-3-1-2-4-13(12)19-14(22)5-6-15-20-16(21-23-15)11-7-9-18-10-8-11/h1-4,7-10H,5-6H2,(H,19,22). The van der Waals surface area contributed by atoms with Crippen LogP contribution in [0.1, 0.15) is 12.3 Å². The number of nitrogens with one attached hydrogen (secondary N) is 1. The van der Waals surface area contributed by atoms with Gasteiger partial charge < -0.3 is 9.84 Å². The molecule has 0 saturated heterocycles. The van der Waals surface area contributed by atoms with Crippen LogP contribution in [0, 0.1) is 3.57 Å². The number of anilines is 1. The van der Waals surface area contributed by atoms with Crippen LogP contribution >= 0.6 is 22.6 Å². The van der Waals surface area contributed by atoms with E-state index in [1.165, 1.54) is 0 Å². The Bertz CT molecular complexity index is 805. The number of amides is 1. The lowest BCUT2D eigenvalue weighted by Gasteiger charge is -2.05. The van der Waals surface area contributed by atoms with Gasteiger partial charge in [0.1, 0.15) is 0 Å². The molecule has 1 amide bonds. The summed E-state index contributed by atoms with van der Waals surface area (Å²) in [5.74, 6) is 0.855. The van der Waals surface area contributed by atoms with Crippen molar-refractivity contribution in [2.75, 3.05) is 5.32 Å². The Labute approximate surface area is 146 Å². The lowest BCUT2D eigenvalue weighted by Crippen LogP contribution is -2.13. The number of aryl methyl sites for hydroxylation is 1. The first kappa shape index (κ1) is 15.6. The fraction of sp³-hybridized carbons (Fsp3) is 0.125. The van der Waals surface area contributed by atoms with Crippen LogP contribution in [0.15, 0.2) is 53.3 Å². The van der Waals surface area contributed by atoms with Crippen LogP contribution in [0.2, 0.25) is 0 Å². The van der Waals surface area contributed by atoms with Crippen LogP contribution in [-0.2, 0) is 11.2 Å². The molecule has 0 spiro atoms. The third kappa shape index (κ3) is 4.13. The molecule has 1 N–H and O–H groups in total. The van der Waals surface area contributed by atoms with Crippen molar-refractivity contribution in [1.82, 2.24) is 15.1 Å². The van der Waals surface area contributed by atoms with Gasteiger partial charge in [0.2, 0.25) is 17.6 Å². The van der Waals surface area contributed by atoms with Gasteiger partial charge >= 0.3 is 0 Å². The molecule has 2 heterocycles. The SMILES string of the molecule is O=C(CCc1nc(-c2ccncc2)no1)Nc1ccccc1I. The second kappa shape index (κ2) is 7.32. The zero-order chi connectivity index (χ0) is 16.1. The number of halogens is 1. The molecule has 6 nitrogen and oxygen atoms in total. The molecule has 23 heavy (non-hydrogen) atoms. The number of aromatic nitrogens is 3. The van der Waals surface area contributed by atoms with Crippen molar-refractivity contribution in [1.29, 1.82) is 0 Å². The lowest BCUT2D eigenvalue weighted by molar-refractivity contribution is -0.116. The average Bonchev–Trinajstić information content (AvgIpc) is 3.05. The normalized spacial score (nSPS) is 10.5. The predicted molar refractivity (Wildman–Crippen MR) is 93.6 cm³/mol. The van der Waals surface area contributed by atoms with Crippen molar-refractivity contribution in [2.24, 2.45) is 0 Å². The largest absolute Gasteiger partial charge is 0.339 e. The third-order valence-corrected chi connectivity index (χ3v) is 4.06. The molecule has 116 valence electrons. The molecule has 0 aliphatic rings. The van der Waals surface area contributed by atoms with Gasteiger partial charge in [-0.1, -0.05) is 17.3 Å². The Morgan fingerprint density at radius 2 is 1.96 bits per heavy atom. The molecule has 3 rings (SSSR count). The summed E-state index contributed by atoms with van der Waals surface area (Å²) in [5, 5.41) is 6.79. The van der Waals surface area contributed by atoms with Crippen LogP contribution in [0.4, 0.5) is 5.69 Å².